The summed E-state index contributed by atoms with van der Waals surface area (Å²) in [4.78, 5) is 10.4. The Bertz CT molecular complexity index is 669. The zero-order valence-electron chi connectivity index (χ0n) is 9.65. The fourth-order valence-electron chi connectivity index (χ4n) is 1.67. The van der Waals surface area contributed by atoms with E-state index in [-0.39, 0.29) is 22.8 Å². The first-order valence-corrected chi connectivity index (χ1v) is 4.99. The van der Waals surface area contributed by atoms with E-state index >= 15 is 0 Å². The summed E-state index contributed by atoms with van der Waals surface area (Å²) in [7, 11) is 0. The van der Waals surface area contributed by atoms with Crippen molar-refractivity contribution in [2.24, 2.45) is 0 Å². The second-order valence-corrected chi connectivity index (χ2v) is 3.57. The van der Waals surface area contributed by atoms with E-state index in [0.717, 1.165) is 0 Å². The highest BCUT2D eigenvalue weighted by Crippen LogP contribution is 2.24. The second-order valence-electron chi connectivity index (χ2n) is 3.57. The van der Waals surface area contributed by atoms with Crippen LogP contribution >= 0.6 is 0 Å². The summed E-state index contributed by atoms with van der Waals surface area (Å²) < 4.78 is 1.26. The van der Waals surface area contributed by atoms with Crippen molar-refractivity contribution in [3.63, 3.8) is 0 Å². The molecule has 0 N–H and O–H groups in total. The highest BCUT2D eigenvalue weighted by molar-refractivity contribution is 5.48. The van der Waals surface area contributed by atoms with Gasteiger partial charge in [-0.1, -0.05) is 0 Å². The third-order valence-electron chi connectivity index (χ3n) is 2.46. The molecule has 0 bridgehead atoms. The van der Waals surface area contributed by atoms with E-state index in [2.05, 4.69) is 15.3 Å². The topological polar surface area (TPSA) is 111 Å². The van der Waals surface area contributed by atoms with Gasteiger partial charge in [-0.15, -0.1) is 5.10 Å². The third kappa shape index (κ3) is 1.67. The summed E-state index contributed by atoms with van der Waals surface area (Å²) in [5, 5.41) is 31.4. The first-order chi connectivity index (χ1) is 8.56. The number of nitro groups is 1. The van der Waals surface area contributed by atoms with Crippen molar-refractivity contribution in [3.05, 3.63) is 39.3 Å². The normalized spacial score (nSPS) is 10.1. The van der Waals surface area contributed by atoms with E-state index in [4.69, 9.17) is 5.26 Å². The van der Waals surface area contributed by atoms with Gasteiger partial charge in [0.1, 0.15) is 23.0 Å². The minimum atomic E-state index is -0.503. The number of nitrogens with zero attached hydrogens (tertiary/aromatic N) is 6. The Morgan fingerprint density at radius 1 is 1.50 bits per heavy atom. The maximum Gasteiger partial charge on any atom is 0.313 e. The highest BCUT2D eigenvalue weighted by Gasteiger charge is 2.24. The van der Waals surface area contributed by atoms with Gasteiger partial charge in [0.15, 0.2) is 5.82 Å². The van der Waals surface area contributed by atoms with E-state index in [1.54, 1.807) is 6.92 Å². The predicted molar refractivity (Wildman–Crippen MR) is 60.0 cm³/mol. The van der Waals surface area contributed by atoms with Crippen molar-refractivity contribution in [2.75, 3.05) is 0 Å². The minimum Gasteiger partial charge on any atom is -0.258 e. The number of hydrogen-bond acceptors (Lipinski definition) is 6. The molecule has 2 heterocycles. The lowest BCUT2D eigenvalue weighted by atomic mass is 10.3. The molecule has 0 fully saturated rings. The van der Waals surface area contributed by atoms with Crippen LogP contribution in [0.2, 0.25) is 0 Å². The molecule has 2 rings (SSSR count). The van der Waals surface area contributed by atoms with Crippen LogP contribution in [-0.4, -0.2) is 24.9 Å². The van der Waals surface area contributed by atoms with E-state index in [9.17, 15) is 10.1 Å². The van der Waals surface area contributed by atoms with Crippen molar-refractivity contribution >= 4 is 5.69 Å². The minimum absolute atomic E-state index is 0.0791. The molecule has 8 heteroatoms. The largest absolute Gasteiger partial charge is 0.313 e. The molecule has 0 saturated heterocycles. The molecular formula is C10H8N6O2. The smallest absolute Gasteiger partial charge is 0.258 e. The van der Waals surface area contributed by atoms with Crippen LogP contribution in [0.1, 0.15) is 17.0 Å². The zero-order chi connectivity index (χ0) is 13.3. The molecule has 0 spiro atoms. The molecule has 0 aliphatic heterocycles. The average Bonchev–Trinajstić information content (AvgIpc) is 2.64. The summed E-state index contributed by atoms with van der Waals surface area (Å²) in [5.41, 5.74) is 0.761. The van der Waals surface area contributed by atoms with Crippen molar-refractivity contribution in [1.29, 1.82) is 5.26 Å². The van der Waals surface area contributed by atoms with Crippen LogP contribution in [0.15, 0.2) is 12.3 Å². The van der Waals surface area contributed by atoms with E-state index < -0.39 is 4.92 Å². The maximum absolute atomic E-state index is 10.9. The Labute approximate surface area is 102 Å². The summed E-state index contributed by atoms with van der Waals surface area (Å²) >= 11 is 0. The van der Waals surface area contributed by atoms with Gasteiger partial charge >= 0.3 is 5.69 Å². The number of rotatable bonds is 2. The van der Waals surface area contributed by atoms with Gasteiger partial charge in [-0.2, -0.15) is 15.5 Å². The Hall–Kier alpha value is -2.82. The van der Waals surface area contributed by atoms with Gasteiger partial charge in [0.05, 0.1) is 11.1 Å². The Kier molecular flexibility index (Phi) is 2.73. The van der Waals surface area contributed by atoms with Gasteiger partial charge in [0, 0.05) is 0 Å². The second kappa shape index (κ2) is 4.21. The maximum atomic E-state index is 10.9. The fourth-order valence-corrected chi connectivity index (χ4v) is 1.67. The van der Waals surface area contributed by atoms with Gasteiger partial charge in [-0.25, -0.2) is 4.68 Å². The van der Waals surface area contributed by atoms with Gasteiger partial charge in [-0.05, 0) is 19.9 Å². The molecule has 0 unspecified atom stereocenters. The molecule has 0 atom stereocenters. The molecule has 0 aromatic carbocycles. The summed E-state index contributed by atoms with van der Waals surface area (Å²) in [6.45, 7) is 3.08. The molecule has 0 aliphatic carbocycles. The van der Waals surface area contributed by atoms with Gasteiger partial charge in [0.25, 0.3) is 0 Å². The van der Waals surface area contributed by atoms with E-state index in [1.165, 1.54) is 23.9 Å². The first kappa shape index (κ1) is 11.7. The summed E-state index contributed by atoms with van der Waals surface area (Å²) in [6, 6.07) is 3.42. The first-order valence-electron chi connectivity index (χ1n) is 4.99. The van der Waals surface area contributed by atoms with Crippen LogP contribution in [0.5, 0.6) is 0 Å². The van der Waals surface area contributed by atoms with Crippen LogP contribution in [0.3, 0.4) is 0 Å². The number of hydrogen-bond donors (Lipinski definition) is 0. The molecule has 8 nitrogen and oxygen atoms in total. The van der Waals surface area contributed by atoms with E-state index in [0.29, 0.717) is 5.69 Å². The molecular weight excluding hydrogens is 236 g/mol. The van der Waals surface area contributed by atoms with Crippen LogP contribution in [-0.2, 0) is 0 Å². The van der Waals surface area contributed by atoms with Gasteiger partial charge in [-0.3, -0.25) is 10.1 Å². The van der Waals surface area contributed by atoms with Crippen LogP contribution in [0.4, 0.5) is 5.69 Å². The standard InChI is InChI=1S/C10H8N6O2/c1-6-9(16(17)18)7(2)15(14-6)10-8(5-11)3-4-12-13-10/h3-4H,1-2H3. The van der Waals surface area contributed by atoms with Gasteiger partial charge < -0.3 is 0 Å². The number of aryl methyl sites for hydroxylation is 1. The molecule has 18 heavy (non-hydrogen) atoms. The van der Waals surface area contributed by atoms with Crippen molar-refractivity contribution in [3.8, 4) is 11.9 Å². The number of aromatic nitrogens is 4. The predicted octanol–water partition coefficient (Wildman–Crippen LogP) is 1.06. The lowest BCUT2D eigenvalue weighted by Gasteiger charge is -2.02. The lowest BCUT2D eigenvalue weighted by Crippen LogP contribution is -2.06. The Morgan fingerprint density at radius 2 is 2.22 bits per heavy atom. The molecule has 90 valence electrons. The molecule has 2 aromatic rings. The molecule has 0 saturated carbocycles. The molecule has 0 amide bonds. The monoisotopic (exact) mass is 244 g/mol. The number of nitriles is 1. The molecule has 2 aromatic heterocycles. The van der Waals surface area contributed by atoms with Crippen LogP contribution in [0, 0.1) is 35.3 Å². The van der Waals surface area contributed by atoms with Crippen LogP contribution in [0.25, 0.3) is 5.82 Å². The Balaban J connectivity index is 2.70. The third-order valence-corrected chi connectivity index (χ3v) is 2.46. The summed E-state index contributed by atoms with van der Waals surface area (Å²) in [6.07, 6.45) is 1.38. The average molecular weight is 244 g/mol. The Morgan fingerprint density at radius 3 is 2.78 bits per heavy atom. The SMILES string of the molecule is Cc1nn(-c2nnccc2C#N)c(C)c1[N+](=O)[O-]. The van der Waals surface area contributed by atoms with Crippen molar-refractivity contribution in [1.82, 2.24) is 20.0 Å². The molecule has 0 radical (unpaired) electrons. The van der Waals surface area contributed by atoms with E-state index in [1.807, 2.05) is 6.07 Å². The summed E-state index contributed by atoms with van der Waals surface area (Å²) in [5.74, 6) is 0.189. The quantitative estimate of drug-likeness (QED) is 0.576. The lowest BCUT2D eigenvalue weighted by molar-refractivity contribution is -0.386. The highest BCUT2D eigenvalue weighted by atomic mass is 16.6. The van der Waals surface area contributed by atoms with Crippen molar-refractivity contribution in [2.45, 2.75) is 13.8 Å². The molecule has 0 aliphatic rings. The zero-order valence-corrected chi connectivity index (χ0v) is 9.65. The van der Waals surface area contributed by atoms with Crippen molar-refractivity contribution < 1.29 is 4.92 Å². The van der Waals surface area contributed by atoms with Crippen LogP contribution < -0.4 is 0 Å². The fraction of sp³-hybridized carbons (Fsp3) is 0.200. The van der Waals surface area contributed by atoms with Gasteiger partial charge in [0.2, 0.25) is 0 Å².